The van der Waals surface area contributed by atoms with Crippen molar-refractivity contribution in [1.29, 1.82) is 0 Å². The van der Waals surface area contributed by atoms with Gasteiger partial charge >= 0.3 is 5.97 Å². The van der Waals surface area contributed by atoms with Gasteiger partial charge in [0.2, 0.25) is 5.88 Å². The second kappa shape index (κ2) is 8.42. The molecule has 5 heteroatoms. The van der Waals surface area contributed by atoms with Crippen LogP contribution in [0.15, 0.2) is 65.9 Å². The Bertz CT molecular complexity index is 1130. The number of ether oxygens (including phenoxy) is 2. The van der Waals surface area contributed by atoms with Crippen LogP contribution >= 0.6 is 0 Å². The van der Waals surface area contributed by atoms with Crippen LogP contribution in [0.3, 0.4) is 0 Å². The number of esters is 1. The third-order valence-corrected chi connectivity index (χ3v) is 5.70. The summed E-state index contributed by atoms with van der Waals surface area (Å²) in [6.45, 7) is 10.2. The van der Waals surface area contributed by atoms with E-state index in [1.165, 1.54) is 5.56 Å². The lowest BCUT2D eigenvalue weighted by Crippen LogP contribution is -2.24. The molecule has 160 valence electrons. The van der Waals surface area contributed by atoms with Gasteiger partial charge in [0, 0.05) is 0 Å². The molecule has 0 amide bonds. The lowest BCUT2D eigenvalue weighted by Gasteiger charge is -2.28. The van der Waals surface area contributed by atoms with Crippen LogP contribution in [0.4, 0.5) is 0 Å². The van der Waals surface area contributed by atoms with E-state index in [1.807, 2.05) is 55.8 Å². The smallest absolute Gasteiger partial charge is 0.338 e. The van der Waals surface area contributed by atoms with Gasteiger partial charge in [-0.1, -0.05) is 56.3 Å². The third-order valence-electron chi connectivity index (χ3n) is 5.70. The number of carbonyl (C=O) groups excluding carboxylic acids is 1. The highest BCUT2D eigenvalue weighted by atomic mass is 16.5. The largest absolute Gasteiger partial charge is 0.463 e. The van der Waals surface area contributed by atoms with Crippen molar-refractivity contribution in [2.24, 2.45) is 0 Å². The molecule has 1 aliphatic rings. The predicted octanol–water partition coefficient (Wildman–Crippen LogP) is 5.67. The molecule has 2 aromatic carbocycles. The minimum atomic E-state index is -0.351. The van der Waals surface area contributed by atoms with Crippen molar-refractivity contribution < 1.29 is 14.3 Å². The molecule has 0 spiro atoms. The van der Waals surface area contributed by atoms with E-state index < -0.39 is 0 Å². The zero-order valence-electron chi connectivity index (χ0n) is 18.7. The van der Waals surface area contributed by atoms with Crippen LogP contribution in [0.2, 0.25) is 0 Å². The van der Waals surface area contributed by atoms with Crippen LogP contribution < -0.4 is 4.74 Å². The molecule has 0 saturated carbocycles. The Morgan fingerprint density at radius 2 is 1.77 bits per heavy atom. The van der Waals surface area contributed by atoms with Crippen molar-refractivity contribution in [3.63, 3.8) is 0 Å². The monoisotopic (exact) mass is 416 g/mol. The highest BCUT2D eigenvalue weighted by Crippen LogP contribution is 2.46. The summed E-state index contributed by atoms with van der Waals surface area (Å²) in [5, 5.41) is 4.77. The van der Waals surface area contributed by atoms with E-state index in [0.717, 1.165) is 22.5 Å². The second-order valence-corrected chi connectivity index (χ2v) is 8.10. The molecule has 0 bridgehead atoms. The number of hydrogen-bond acceptors (Lipinski definition) is 4. The Morgan fingerprint density at radius 1 is 1.10 bits per heavy atom. The number of para-hydroxylation sites is 1. The zero-order chi connectivity index (χ0) is 22.1. The number of allylic oxidation sites excluding steroid dienone is 1. The molecule has 0 aliphatic carbocycles. The summed E-state index contributed by atoms with van der Waals surface area (Å²) in [5.41, 5.74) is 5.44. The van der Waals surface area contributed by atoms with Crippen molar-refractivity contribution in [2.75, 3.05) is 6.61 Å². The van der Waals surface area contributed by atoms with Gasteiger partial charge in [-0.3, -0.25) is 0 Å². The van der Waals surface area contributed by atoms with E-state index in [2.05, 4.69) is 38.1 Å². The number of fused-ring (bicyclic) bond motifs is 1. The van der Waals surface area contributed by atoms with Crippen molar-refractivity contribution >= 4 is 5.97 Å². The van der Waals surface area contributed by atoms with Crippen LogP contribution in [0.5, 0.6) is 5.88 Å². The van der Waals surface area contributed by atoms with Crippen LogP contribution in [0, 0.1) is 6.92 Å². The average molecular weight is 417 g/mol. The maximum absolute atomic E-state index is 13.0. The summed E-state index contributed by atoms with van der Waals surface area (Å²) < 4.78 is 13.4. The van der Waals surface area contributed by atoms with Gasteiger partial charge in [0.15, 0.2) is 0 Å². The predicted molar refractivity (Wildman–Crippen MR) is 121 cm³/mol. The van der Waals surface area contributed by atoms with Gasteiger partial charge in [0.05, 0.1) is 35.0 Å². The normalized spacial score (nSPS) is 15.6. The van der Waals surface area contributed by atoms with Gasteiger partial charge in [-0.05, 0) is 49.9 Å². The number of carbonyl (C=O) groups is 1. The Balaban J connectivity index is 1.91. The number of nitrogens with zero attached hydrogens (tertiary/aromatic N) is 2. The minimum Gasteiger partial charge on any atom is -0.463 e. The second-order valence-electron chi connectivity index (χ2n) is 8.10. The molecule has 1 atom stereocenters. The lowest BCUT2D eigenvalue weighted by atomic mass is 9.82. The topological polar surface area (TPSA) is 53.4 Å². The van der Waals surface area contributed by atoms with E-state index in [1.54, 1.807) is 0 Å². The van der Waals surface area contributed by atoms with Gasteiger partial charge in [-0.2, -0.15) is 5.10 Å². The molecule has 2 heterocycles. The van der Waals surface area contributed by atoms with E-state index >= 15 is 0 Å². The SMILES string of the molecule is CCOC(=O)C1=C(C)Oc2c(c(C)nn2-c2ccccc2)[C@@H]1c1ccc(C(C)C)cc1. The molecule has 1 aromatic heterocycles. The first-order valence-electron chi connectivity index (χ1n) is 10.7. The Morgan fingerprint density at radius 3 is 2.39 bits per heavy atom. The van der Waals surface area contributed by atoms with Crippen LogP contribution in [0.25, 0.3) is 5.69 Å². The number of rotatable bonds is 5. The van der Waals surface area contributed by atoms with Crippen molar-refractivity contribution in [3.8, 4) is 11.6 Å². The molecule has 1 aliphatic heterocycles. The quantitative estimate of drug-likeness (QED) is 0.503. The first-order chi connectivity index (χ1) is 14.9. The summed E-state index contributed by atoms with van der Waals surface area (Å²) in [6, 6.07) is 18.3. The van der Waals surface area contributed by atoms with E-state index in [-0.39, 0.29) is 11.9 Å². The molecule has 0 saturated heterocycles. The third kappa shape index (κ3) is 3.76. The van der Waals surface area contributed by atoms with Gasteiger partial charge in [-0.15, -0.1) is 0 Å². The standard InChI is InChI=1S/C26H28N2O3/c1-6-30-26(29)23-18(5)31-25-22(17(4)27-28(25)21-10-8-7-9-11-21)24(23)20-14-12-19(13-15-20)16(2)3/h7-16,24H,6H2,1-5H3/t24-/m0/s1. The highest BCUT2D eigenvalue weighted by Gasteiger charge is 2.39. The zero-order valence-corrected chi connectivity index (χ0v) is 18.7. The fraction of sp³-hybridized carbons (Fsp3) is 0.308. The molecule has 0 fully saturated rings. The van der Waals surface area contributed by atoms with Gasteiger partial charge < -0.3 is 9.47 Å². The van der Waals surface area contributed by atoms with Crippen molar-refractivity contribution in [1.82, 2.24) is 9.78 Å². The molecule has 0 unspecified atom stereocenters. The molecule has 0 radical (unpaired) electrons. The van der Waals surface area contributed by atoms with Gasteiger partial charge in [0.25, 0.3) is 0 Å². The van der Waals surface area contributed by atoms with Crippen molar-refractivity contribution in [3.05, 3.63) is 88.3 Å². The van der Waals surface area contributed by atoms with E-state index in [9.17, 15) is 4.79 Å². The Labute approximate surface area is 183 Å². The lowest BCUT2D eigenvalue weighted by molar-refractivity contribution is -0.139. The summed E-state index contributed by atoms with van der Waals surface area (Å²) in [7, 11) is 0. The van der Waals surface area contributed by atoms with Gasteiger partial charge in [0.1, 0.15) is 5.76 Å². The Kier molecular flexibility index (Phi) is 5.68. The molecule has 4 rings (SSSR count). The van der Waals surface area contributed by atoms with Crippen LogP contribution in [-0.2, 0) is 9.53 Å². The minimum absolute atomic E-state index is 0.304. The molecular formula is C26H28N2O3. The number of hydrogen-bond donors (Lipinski definition) is 0. The number of aryl methyl sites for hydroxylation is 1. The first kappa shape index (κ1) is 20.9. The van der Waals surface area contributed by atoms with Crippen LogP contribution in [-0.4, -0.2) is 22.4 Å². The molecule has 5 nitrogen and oxygen atoms in total. The van der Waals surface area contributed by atoms with Crippen LogP contribution in [0.1, 0.15) is 61.9 Å². The van der Waals surface area contributed by atoms with E-state index in [0.29, 0.717) is 29.7 Å². The summed E-state index contributed by atoms with van der Waals surface area (Å²) in [4.78, 5) is 13.0. The molecule has 0 N–H and O–H groups in total. The fourth-order valence-corrected chi connectivity index (χ4v) is 4.12. The van der Waals surface area contributed by atoms with Crippen molar-refractivity contribution in [2.45, 2.75) is 46.5 Å². The first-order valence-corrected chi connectivity index (χ1v) is 10.7. The fourth-order valence-electron chi connectivity index (χ4n) is 4.12. The number of benzene rings is 2. The summed E-state index contributed by atoms with van der Waals surface area (Å²) in [5.74, 6) is 0.966. The molecular weight excluding hydrogens is 388 g/mol. The molecule has 31 heavy (non-hydrogen) atoms. The highest BCUT2D eigenvalue weighted by molar-refractivity contribution is 5.92. The summed E-state index contributed by atoms with van der Waals surface area (Å²) >= 11 is 0. The molecule has 3 aromatic rings. The maximum Gasteiger partial charge on any atom is 0.338 e. The number of aromatic nitrogens is 2. The van der Waals surface area contributed by atoms with E-state index in [4.69, 9.17) is 14.6 Å². The Hall–Kier alpha value is -3.34. The van der Waals surface area contributed by atoms with Gasteiger partial charge in [-0.25, -0.2) is 9.48 Å². The average Bonchev–Trinajstić information content (AvgIpc) is 3.09. The maximum atomic E-state index is 13.0. The summed E-state index contributed by atoms with van der Waals surface area (Å²) in [6.07, 6.45) is 0.